The second-order valence-electron chi connectivity index (χ2n) is 6.08. The highest BCUT2D eigenvalue weighted by molar-refractivity contribution is 5.74. The van der Waals surface area contributed by atoms with Gasteiger partial charge in [-0.1, -0.05) is 0 Å². The molecule has 1 aromatic rings. The molecular formula is C18H27N3O4. The van der Waals surface area contributed by atoms with Gasteiger partial charge in [-0.3, -0.25) is 4.79 Å². The molecular weight excluding hydrogens is 322 g/mol. The summed E-state index contributed by atoms with van der Waals surface area (Å²) < 4.78 is 11.5. The van der Waals surface area contributed by atoms with E-state index in [1.807, 2.05) is 26.0 Å². The van der Waals surface area contributed by atoms with Crippen LogP contribution < -0.4 is 25.4 Å². The molecule has 1 atom stereocenters. The van der Waals surface area contributed by atoms with Gasteiger partial charge >= 0.3 is 6.03 Å². The Hall–Kier alpha value is -2.44. The monoisotopic (exact) mass is 349 g/mol. The van der Waals surface area contributed by atoms with Gasteiger partial charge in [0.25, 0.3) is 0 Å². The van der Waals surface area contributed by atoms with E-state index in [0.29, 0.717) is 32.7 Å². The summed E-state index contributed by atoms with van der Waals surface area (Å²) >= 11 is 0. The summed E-state index contributed by atoms with van der Waals surface area (Å²) in [4.78, 5) is 22.6. The number of ether oxygens (including phenoxy) is 2. The van der Waals surface area contributed by atoms with E-state index in [1.165, 1.54) is 6.92 Å². The van der Waals surface area contributed by atoms with Crippen LogP contribution in [-0.4, -0.2) is 37.7 Å². The first-order valence-corrected chi connectivity index (χ1v) is 8.71. The van der Waals surface area contributed by atoms with Crippen molar-refractivity contribution in [3.63, 3.8) is 0 Å². The molecule has 7 nitrogen and oxygen atoms in total. The standard InChI is InChI=1S/C18H27N3O4/c1-4-24-16-9-14-8-12(2)25-17(14)10-15(16)11-21-18(23)20-7-5-6-19-13(3)22/h9-10,12H,4-8,11H2,1-3H3,(H,19,22)(H2,20,21,23)/t12-/m1/s1. The Morgan fingerprint density at radius 2 is 2.00 bits per heavy atom. The molecule has 0 aliphatic carbocycles. The van der Waals surface area contributed by atoms with Crippen molar-refractivity contribution in [1.82, 2.24) is 16.0 Å². The average Bonchev–Trinajstić information content (AvgIpc) is 2.91. The highest BCUT2D eigenvalue weighted by Crippen LogP contribution is 2.35. The normalized spacial score (nSPS) is 15.1. The summed E-state index contributed by atoms with van der Waals surface area (Å²) in [5.41, 5.74) is 2.03. The van der Waals surface area contributed by atoms with E-state index in [1.54, 1.807) is 0 Å². The first-order valence-electron chi connectivity index (χ1n) is 8.71. The molecule has 0 saturated carbocycles. The Labute approximate surface area is 148 Å². The SMILES string of the molecule is CCOc1cc2c(cc1CNC(=O)NCCCNC(C)=O)O[C@H](C)C2. The largest absolute Gasteiger partial charge is 0.494 e. The fourth-order valence-corrected chi connectivity index (χ4v) is 2.70. The molecule has 0 unspecified atom stereocenters. The van der Waals surface area contributed by atoms with E-state index in [4.69, 9.17) is 9.47 Å². The Morgan fingerprint density at radius 1 is 1.24 bits per heavy atom. The van der Waals surface area contributed by atoms with Crippen LogP contribution in [0.1, 0.15) is 38.3 Å². The van der Waals surface area contributed by atoms with Gasteiger partial charge in [0.05, 0.1) is 6.61 Å². The van der Waals surface area contributed by atoms with E-state index in [2.05, 4.69) is 16.0 Å². The molecule has 0 aromatic heterocycles. The zero-order valence-electron chi connectivity index (χ0n) is 15.1. The number of benzene rings is 1. The molecule has 1 heterocycles. The Bertz CT molecular complexity index is 619. The number of urea groups is 1. The van der Waals surface area contributed by atoms with Crippen molar-refractivity contribution in [1.29, 1.82) is 0 Å². The second kappa shape index (κ2) is 9.15. The summed E-state index contributed by atoms with van der Waals surface area (Å²) in [5.74, 6) is 1.58. The summed E-state index contributed by atoms with van der Waals surface area (Å²) in [5, 5.41) is 8.28. The molecule has 2 rings (SSSR count). The number of hydrogen-bond acceptors (Lipinski definition) is 4. The van der Waals surface area contributed by atoms with E-state index >= 15 is 0 Å². The smallest absolute Gasteiger partial charge is 0.315 e. The predicted molar refractivity (Wildman–Crippen MR) is 94.9 cm³/mol. The number of nitrogens with one attached hydrogen (secondary N) is 3. The minimum atomic E-state index is -0.250. The number of carbonyl (C=O) groups excluding carboxylic acids is 2. The van der Waals surface area contributed by atoms with Crippen molar-refractivity contribution in [3.05, 3.63) is 23.3 Å². The number of carbonyl (C=O) groups is 2. The van der Waals surface area contributed by atoms with Gasteiger partial charge in [-0.05, 0) is 32.4 Å². The molecule has 0 radical (unpaired) electrons. The summed E-state index contributed by atoms with van der Waals surface area (Å²) in [6, 6.07) is 3.70. The molecule has 7 heteroatoms. The second-order valence-corrected chi connectivity index (χ2v) is 6.08. The fourth-order valence-electron chi connectivity index (χ4n) is 2.70. The van der Waals surface area contributed by atoms with Crippen molar-refractivity contribution in [3.8, 4) is 11.5 Å². The van der Waals surface area contributed by atoms with Gasteiger partial charge in [0.15, 0.2) is 0 Å². The third-order valence-electron chi connectivity index (χ3n) is 3.83. The van der Waals surface area contributed by atoms with Gasteiger partial charge in [0.2, 0.25) is 5.91 Å². The summed E-state index contributed by atoms with van der Waals surface area (Å²) in [6.45, 7) is 7.41. The average molecular weight is 349 g/mol. The van der Waals surface area contributed by atoms with E-state index in [9.17, 15) is 9.59 Å². The first-order chi connectivity index (χ1) is 12.0. The quantitative estimate of drug-likeness (QED) is 0.624. The molecule has 138 valence electrons. The molecule has 0 spiro atoms. The molecule has 0 bridgehead atoms. The summed E-state index contributed by atoms with van der Waals surface area (Å²) in [7, 11) is 0. The van der Waals surface area contributed by atoms with Crippen LogP contribution in [0.3, 0.4) is 0 Å². The lowest BCUT2D eigenvalue weighted by Gasteiger charge is -2.14. The molecule has 1 aromatic carbocycles. The maximum Gasteiger partial charge on any atom is 0.315 e. The molecule has 0 saturated heterocycles. The summed E-state index contributed by atoms with van der Waals surface area (Å²) in [6.07, 6.45) is 1.72. The highest BCUT2D eigenvalue weighted by atomic mass is 16.5. The number of fused-ring (bicyclic) bond motifs is 1. The third kappa shape index (κ3) is 5.85. The Morgan fingerprint density at radius 3 is 2.72 bits per heavy atom. The van der Waals surface area contributed by atoms with Gasteiger partial charge in [-0.2, -0.15) is 0 Å². The van der Waals surface area contributed by atoms with Crippen LogP contribution in [0.5, 0.6) is 11.5 Å². The Balaban J connectivity index is 1.84. The van der Waals surface area contributed by atoms with Gasteiger partial charge in [0, 0.05) is 44.1 Å². The number of hydrogen-bond donors (Lipinski definition) is 3. The van der Waals surface area contributed by atoms with Gasteiger partial charge in [0.1, 0.15) is 17.6 Å². The van der Waals surface area contributed by atoms with Crippen LogP contribution in [0.4, 0.5) is 4.79 Å². The molecule has 1 aliphatic rings. The molecule has 3 N–H and O–H groups in total. The van der Waals surface area contributed by atoms with Crippen molar-refractivity contribution < 1.29 is 19.1 Å². The van der Waals surface area contributed by atoms with Crippen LogP contribution in [0.2, 0.25) is 0 Å². The lowest BCUT2D eigenvalue weighted by Crippen LogP contribution is -2.36. The van der Waals surface area contributed by atoms with Crippen molar-refractivity contribution in [2.45, 2.75) is 46.3 Å². The zero-order valence-corrected chi connectivity index (χ0v) is 15.1. The maximum atomic E-state index is 11.9. The predicted octanol–water partition coefficient (Wildman–Crippen LogP) is 1.73. The first kappa shape index (κ1) is 18.9. The lowest BCUT2D eigenvalue weighted by atomic mass is 10.1. The maximum absolute atomic E-state index is 11.9. The number of amides is 3. The molecule has 25 heavy (non-hydrogen) atoms. The van der Waals surface area contributed by atoms with Gasteiger partial charge < -0.3 is 25.4 Å². The number of rotatable bonds is 8. The van der Waals surface area contributed by atoms with E-state index in [0.717, 1.165) is 29.0 Å². The molecule has 3 amide bonds. The van der Waals surface area contributed by atoms with E-state index < -0.39 is 0 Å². The van der Waals surface area contributed by atoms with E-state index in [-0.39, 0.29) is 18.0 Å². The van der Waals surface area contributed by atoms with Crippen LogP contribution in [0.25, 0.3) is 0 Å². The van der Waals surface area contributed by atoms with Gasteiger partial charge in [-0.25, -0.2) is 4.79 Å². The van der Waals surface area contributed by atoms with Crippen LogP contribution in [0.15, 0.2) is 12.1 Å². The van der Waals surface area contributed by atoms with Crippen molar-refractivity contribution in [2.75, 3.05) is 19.7 Å². The van der Waals surface area contributed by atoms with Crippen LogP contribution in [0, 0.1) is 0 Å². The van der Waals surface area contributed by atoms with Crippen LogP contribution in [-0.2, 0) is 17.8 Å². The zero-order chi connectivity index (χ0) is 18.2. The molecule has 1 aliphatic heterocycles. The minimum Gasteiger partial charge on any atom is -0.494 e. The minimum absolute atomic E-state index is 0.0685. The van der Waals surface area contributed by atoms with Crippen molar-refractivity contribution in [2.24, 2.45) is 0 Å². The Kier molecular flexibility index (Phi) is 6.91. The third-order valence-corrected chi connectivity index (χ3v) is 3.83. The molecule has 0 fully saturated rings. The topological polar surface area (TPSA) is 88.7 Å². The highest BCUT2D eigenvalue weighted by Gasteiger charge is 2.22. The fraction of sp³-hybridized carbons (Fsp3) is 0.556. The van der Waals surface area contributed by atoms with Gasteiger partial charge in [-0.15, -0.1) is 0 Å². The van der Waals surface area contributed by atoms with Crippen LogP contribution >= 0.6 is 0 Å². The van der Waals surface area contributed by atoms with Crippen molar-refractivity contribution >= 4 is 11.9 Å². The lowest BCUT2D eigenvalue weighted by molar-refractivity contribution is -0.118.